The molecule has 1 aromatic rings. The Hall–Kier alpha value is -1.02. The highest BCUT2D eigenvalue weighted by atomic mass is 35.5. The Morgan fingerprint density at radius 1 is 1.17 bits per heavy atom. The zero-order valence-corrected chi connectivity index (χ0v) is 16.8. The van der Waals surface area contributed by atoms with Crippen molar-refractivity contribution in [1.82, 2.24) is 5.32 Å². The monoisotopic (exact) mass is 355 g/mol. The van der Waals surface area contributed by atoms with Crippen molar-refractivity contribution in [3.63, 3.8) is 0 Å². The lowest BCUT2D eigenvalue weighted by atomic mass is 9.88. The van der Waals surface area contributed by atoms with Crippen molar-refractivity contribution in [3.05, 3.63) is 41.2 Å². The Labute approximate surface area is 153 Å². The van der Waals surface area contributed by atoms with Gasteiger partial charge < -0.3 is 5.32 Å². The second-order valence-electron chi connectivity index (χ2n) is 5.95. The van der Waals surface area contributed by atoms with Gasteiger partial charge in [-0.1, -0.05) is 72.1 Å². The molecule has 3 heteroatoms. The lowest BCUT2D eigenvalue weighted by molar-refractivity contribution is 0.323. The summed E-state index contributed by atoms with van der Waals surface area (Å²) in [5, 5.41) is 3.87. The first kappa shape index (κ1) is 23.0. The predicted molar refractivity (Wildman–Crippen MR) is 107 cm³/mol. The molecule has 0 aromatic heterocycles. The van der Waals surface area contributed by atoms with Crippen LogP contribution in [0.3, 0.4) is 0 Å². The van der Waals surface area contributed by atoms with E-state index in [-0.39, 0.29) is 5.82 Å². The molecular weight excluding hydrogens is 321 g/mol. The molecule has 0 aliphatic rings. The maximum absolute atomic E-state index is 14.0. The molecule has 138 valence electrons. The number of unbranched alkanes of at least 4 members (excludes halogenated alkanes) is 1. The summed E-state index contributed by atoms with van der Waals surface area (Å²) in [5.74, 6) is 0.294. The highest BCUT2D eigenvalue weighted by molar-refractivity contribution is 6.30. The molecule has 0 amide bonds. The normalized spacial score (nSPS) is 12.8. The van der Waals surface area contributed by atoms with E-state index in [4.69, 9.17) is 11.6 Å². The fourth-order valence-corrected chi connectivity index (χ4v) is 3.13. The summed E-state index contributed by atoms with van der Waals surface area (Å²) in [6.07, 6.45) is 7.05. The number of benzene rings is 1. The van der Waals surface area contributed by atoms with Gasteiger partial charge in [-0.25, -0.2) is 4.39 Å². The average molecular weight is 356 g/mol. The minimum atomic E-state index is -0.319. The Kier molecular flexibility index (Phi) is 12.7. The van der Waals surface area contributed by atoms with Crippen molar-refractivity contribution < 1.29 is 4.39 Å². The molecule has 0 aliphatic carbocycles. The second kappa shape index (κ2) is 13.3. The van der Waals surface area contributed by atoms with Gasteiger partial charge >= 0.3 is 0 Å². The summed E-state index contributed by atoms with van der Waals surface area (Å²) >= 11 is 5.81. The standard InChI is InChI=1S/C19H29ClFN.C2H6/c1-5-8-10-15(9-6-2)19(7-3)22-14(4)17-12-11-16(20)13-18(17)21;1-2/h11-13,15,19,22H,4-10H2,1-3H3;1-2H3. The summed E-state index contributed by atoms with van der Waals surface area (Å²) in [6.45, 7) is 14.7. The molecular formula is C21H35ClFN. The van der Waals surface area contributed by atoms with Gasteiger partial charge in [0.05, 0.1) is 0 Å². The van der Waals surface area contributed by atoms with Crippen LogP contribution in [0.25, 0.3) is 5.70 Å². The Balaban J connectivity index is 0.00000254. The molecule has 0 saturated heterocycles. The van der Waals surface area contributed by atoms with Gasteiger partial charge in [-0.3, -0.25) is 0 Å². The summed E-state index contributed by atoms with van der Waals surface area (Å²) < 4.78 is 14.0. The van der Waals surface area contributed by atoms with E-state index in [0.29, 0.717) is 28.2 Å². The van der Waals surface area contributed by atoms with Crippen LogP contribution < -0.4 is 5.32 Å². The topological polar surface area (TPSA) is 12.0 Å². The summed E-state index contributed by atoms with van der Waals surface area (Å²) in [6, 6.07) is 5.08. The van der Waals surface area contributed by atoms with Crippen LogP contribution in [0.15, 0.2) is 24.8 Å². The molecule has 1 aromatic carbocycles. The molecule has 0 saturated carbocycles. The maximum atomic E-state index is 14.0. The zero-order valence-electron chi connectivity index (χ0n) is 16.1. The molecule has 24 heavy (non-hydrogen) atoms. The van der Waals surface area contributed by atoms with Crippen molar-refractivity contribution in [2.45, 2.75) is 79.2 Å². The Morgan fingerprint density at radius 2 is 1.83 bits per heavy atom. The number of hydrogen-bond donors (Lipinski definition) is 1. The van der Waals surface area contributed by atoms with Crippen LogP contribution in [0, 0.1) is 11.7 Å². The van der Waals surface area contributed by atoms with Crippen LogP contribution in [0.1, 0.15) is 78.7 Å². The van der Waals surface area contributed by atoms with Gasteiger partial charge in [-0.15, -0.1) is 0 Å². The SMILES string of the molecule is C=C(NC(CC)C(CCC)CCCC)c1ccc(Cl)cc1F.CC. The number of rotatable bonds is 10. The molecule has 0 radical (unpaired) electrons. The summed E-state index contributed by atoms with van der Waals surface area (Å²) in [4.78, 5) is 0. The van der Waals surface area contributed by atoms with Gasteiger partial charge in [0.25, 0.3) is 0 Å². The van der Waals surface area contributed by atoms with Crippen LogP contribution in [0.5, 0.6) is 0 Å². The lowest BCUT2D eigenvalue weighted by Crippen LogP contribution is -2.34. The lowest BCUT2D eigenvalue weighted by Gasteiger charge is -2.29. The van der Waals surface area contributed by atoms with Crippen LogP contribution in [0.2, 0.25) is 5.02 Å². The van der Waals surface area contributed by atoms with E-state index in [1.807, 2.05) is 13.8 Å². The maximum Gasteiger partial charge on any atom is 0.133 e. The predicted octanol–water partition coefficient (Wildman–Crippen LogP) is 7.45. The van der Waals surface area contributed by atoms with Gasteiger partial charge in [0.15, 0.2) is 0 Å². The van der Waals surface area contributed by atoms with Crippen molar-refractivity contribution in [2.24, 2.45) is 5.92 Å². The van der Waals surface area contributed by atoms with Crippen LogP contribution in [-0.4, -0.2) is 6.04 Å². The van der Waals surface area contributed by atoms with Crippen LogP contribution in [0.4, 0.5) is 4.39 Å². The van der Waals surface area contributed by atoms with Gasteiger partial charge in [0.2, 0.25) is 0 Å². The molecule has 0 heterocycles. The van der Waals surface area contributed by atoms with Crippen LogP contribution in [-0.2, 0) is 0 Å². The zero-order chi connectivity index (χ0) is 18.5. The van der Waals surface area contributed by atoms with E-state index in [1.54, 1.807) is 12.1 Å². The number of nitrogens with one attached hydrogen (secondary N) is 1. The first-order valence-corrected chi connectivity index (χ1v) is 9.82. The van der Waals surface area contributed by atoms with E-state index < -0.39 is 0 Å². The molecule has 0 fully saturated rings. The fraction of sp³-hybridized carbons (Fsp3) is 0.619. The van der Waals surface area contributed by atoms with E-state index in [9.17, 15) is 4.39 Å². The molecule has 2 atom stereocenters. The highest BCUT2D eigenvalue weighted by Gasteiger charge is 2.20. The van der Waals surface area contributed by atoms with E-state index in [1.165, 1.54) is 38.2 Å². The molecule has 1 N–H and O–H groups in total. The van der Waals surface area contributed by atoms with Crippen LogP contribution >= 0.6 is 11.6 Å². The number of halogens is 2. The van der Waals surface area contributed by atoms with Gasteiger partial charge in [0.1, 0.15) is 5.82 Å². The largest absolute Gasteiger partial charge is 0.382 e. The summed E-state index contributed by atoms with van der Waals surface area (Å²) in [7, 11) is 0. The molecule has 1 nitrogen and oxygen atoms in total. The minimum absolute atomic E-state index is 0.319. The smallest absolute Gasteiger partial charge is 0.133 e. The molecule has 0 bridgehead atoms. The van der Waals surface area contributed by atoms with E-state index in [0.717, 1.165) is 6.42 Å². The van der Waals surface area contributed by atoms with Crippen molar-refractivity contribution in [1.29, 1.82) is 0 Å². The molecule has 0 aliphatic heterocycles. The summed E-state index contributed by atoms with van der Waals surface area (Å²) in [5.41, 5.74) is 1.16. The first-order chi connectivity index (χ1) is 11.5. The van der Waals surface area contributed by atoms with E-state index in [2.05, 4.69) is 32.7 Å². The first-order valence-electron chi connectivity index (χ1n) is 9.44. The average Bonchev–Trinajstić information content (AvgIpc) is 2.58. The van der Waals surface area contributed by atoms with Gasteiger partial charge in [0, 0.05) is 22.3 Å². The third-order valence-corrected chi connectivity index (χ3v) is 4.45. The third kappa shape index (κ3) is 7.70. The minimum Gasteiger partial charge on any atom is -0.382 e. The van der Waals surface area contributed by atoms with Crippen molar-refractivity contribution >= 4 is 17.3 Å². The van der Waals surface area contributed by atoms with Gasteiger partial charge in [-0.05, 0) is 43.4 Å². The Morgan fingerprint density at radius 3 is 2.33 bits per heavy atom. The van der Waals surface area contributed by atoms with E-state index >= 15 is 0 Å². The Bertz CT molecular complexity index is 473. The number of hydrogen-bond acceptors (Lipinski definition) is 1. The molecule has 1 rings (SSSR count). The molecule has 0 spiro atoms. The van der Waals surface area contributed by atoms with Crippen molar-refractivity contribution in [2.75, 3.05) is 0 Å². The highest BCUT2D eigenvalue weighted by Crippen LogP contribution is 2.25. The third-order valence-electron chi connectivity index (χ3n) is 4.21. The molecule has 2 unspecified atom stereocenters. The fourth-order valence-electron chi connectivity index (χ4n) is 2.97. The quantitative estimate of drug-likeness (QED) is 0.459. The van der Waals surface area contributed by atoms with Gasteiger partial charge in [-0.2, -0.15) is 0 Å². The van der Waals surface area contributed by atoms with Crippen molar-refractivity contribution in [3.8, 4) is 0 Å². The second-order valence-corrected chi connectivity index (χ2v) is 6.39.